The van der Waals surface area contributed by atoms with Gasteiger partial charge in [-0.1, -0.05) is 43.0 Å². The number of amides is 2. The molecule has 0 spiro atoms. The molecule has 2 N–H and O–H groups in total. The topological polar surface area (TPSA) is 141 Å². The highest BCUT2D eigenvalue weighted by Gasteiger charge is 2.66. The smallest absolute Gasteiger partial charge is 0.353 e. The van der Waals surface area contributed by atoms with Gasteiger partial charge in [0.2, 0.25) is 5.91 Å². The van der Waals surface area contributed by atoms with Crippen LogP contribution in [0.15, 0.2) is 64.0 Å². The van der Waals surface area contributed by atoms with E-state index in [1.54, 1.807) is 41.3 Å². The molecule has 11 heteroatoms. The molecule has 2 aliphatic heterocycles. The number of thioether (sulfide) groups is 1. The SMILES string of the molecule is CCN(CC)C(=O)c1ccccc1SC1=C(C(=O)O)N2C(=O)C(C(C)O)[C@H]2C1(C)Cc1ccc([N+](=O)[O-])cc1. The summed E-state index contributed by atoms with van der Waals surface area (Å²) in [6.45, 7) is 8.14. The number of nitrogens with zero attached hydrogens (tertiary/aromatic N) is 3. The van der Waals surface area contributed by atoms with Crippen LogP contribution in [0.25, 0.3) is 0 Å². The van der Waals surface area contributed by atoms with Crippen LogP contribution in [0.4, 0.5) is 5.69 Å². The maximum atomic E-state index is 13.3. The van der Waals surface area contributed by atoms with Gasteiger partial charge in [-0.3, -0.25) is 19.7 Å². The summed E-state index contributed by atoms with van der Waals surface area (Å²) >= 11 is 1.15. The van der Waals surface area contributed by atoms with E-state index in [-0.39, 0.29) is 23.7 Å². The molecule has 39 heavy (non-hydrogen) atoms. The third-order valence-corrected chi connectivity index (χ3v) is 9.03. The number of carboxylic acid groups (broad SMARTS) is 1. The summed E-state index contributed by atoms with van der Waals surface area (Å²) < 4.78 is 0. The molecule has 2 aromatic rings. The van der Waals surface area contributed by atoms with Crippen LogP contribution in [0.1, 0.15) is 43.6 Å². The van der Waals surface area contributed by atoms with Crippen LogP contribution in [0, 0.1) is 21.4 Å². The largest absolute Gasteiger partial charge is 0.477 e. The first-order chi connectivity index (χ1) is 18.5. The molecule has 206 valence electrons. The van der Waals surface area contributed by atoms with Gasteiger partial charge in [0.15, 0.2) is 0 Å². The third kappa shape index (κ3) is 4.80. The lowest BCUT2D eigenvalue weighted by atomic mass is 9.67. The van der Waals surface area contributed by atoms with E-state index in [2.05, 4.69) is 0 Å². The minimum absolute atomic E-state index is 0.0714. The number of benzene rings is 2. The van der Waals surface area contributed by atoms with Gasteiger partial charge in [0, 0.05) is 40.4 Å². The fourth-order valence-corrected chi connectivity index (χ4v) is 7.00. The van der Waals surface area contributed by atoms with Crippen molar-refractivity contribution in [2.45, 2.75) is 51.2 Å². The Kier molecular flexibility index (Phi) is 7.85. The van der Waals surface area contributed by atoms with E-state index in [1.807, 2.05) is 20.8 Å². The molecule has 0 saturated carbocycles. The van der Waals surface area contributed by atoms with Crippen molar-refractivity contribution in [1.29, 1.82) is 0 Å². The van der Waals surface area contributed by atoms with Crippen LogP contribution < -0.4 is 0 Å². The van der Waals surface area contributed by atoms with E-state index in [0.29, 0.717) is 34.0 Å². The summed E-state index contributed by atoms with van der Waals surface area (Å²) in [4.78, 5) is 53.6. The molecule has 2 aliphatic rings. The fraction of sp³-hybridized carbons (Fsp3) is 0.393. The second kappa shape index (κ2) is 10.8. The lowest BCUT2D eigenvalue weighted by Gasteiger charge is -2.51. The average Bonchev–Trinajstić information content (AvgIpc) is 3.09. The summed E-state index contributed by atoms with van der Waals surface area (Å²) in [7, 11) is 0. The van der Waals surface area contributed by atoms with Crippen molar-refractivity contribution >= 4 is 35.2 Å². The number of fused-ring (bicyclic) bond motifs is 1. The number of aliphatic hydroxyl groups is 1. The number of hydrogen-bond acceptors (Lipinski definition) is 7. The fourth-order valence-electron chi connectivity index (χ4n) is 5.66. The molecule has 0 radical (unpaired) electrons. The van der Waals surface area contributed by atoms with Crippen molar-refractivity contribution < 1.29 is 29.5 Å². The van der Waals surface area contributed by atoms with Gasteiger partial charge in [0.1, 0.15) is 5.70 Å². The van der Waals surface area contributed by atoms with E-state index >= 15 is 0 Å². The molecule has 0 aromatic heterocycles. The Morgan fingerprint density at radius 1 is 1.15 bits per heavy atom. The highest BCUT2D eigenvalue weighted by molar-refractivity contribution is 8.03. The van der Waals surface area contributed by atoms with Crippen LogP contribution in [0.2, 0.25) is 0 Å². The number of carbonyl (C=O) groups is 3. The monoisotopic (exact) mass is 553 g/mol. The Labute approximate surface area is 230 Å². The van der Waals surface area contributed by atoms with Gasteiger partial charge < -0.3 is 20.0 Å². The molecule has 4 atom stereocenters. The Balaban J connectivity index is 1.84. The van der Waals surface area contributed by atoms with E-state index in [0.717, 1.165) is 11.8 Å². The Hall–Kier alpha value is -3.70. The highest BCUT2D eigenvalue weighted by Crippen LogP contribution is 2.60. The van der Waals surface area contributed by atoms with E-state index in [9.17, 15) is 34.7 Å². The maximum Gasteiger partial charge on any atom is 0.353 e. The third-order valence-electron chi connectivity index (χ3n) is 7.59. The van der Waals surface area contributed by atoms with Crippen LogP contribution >= 0.6 is 11.8 Å². The normalized spacial score (nSPS) is 22.8. The zero-order chi connectivity index (χ0) is 28.6. The molecular weight excluding hydrogens is 522 g/mol. The first-order valence-electron chi connectivity index (χ1n) is 12.7. The molecule has 2 heterocycles. The van der Waals surface area contributed by atoms with Gasteiger partial charge in [-0.2, -0.15) is 0 Å². The number of aliphatic hydroxyl groups excluding tert-OH is 1. The van der Waals surface area contributed by atoms with E-state index < -0.39 is 40.3 Å². The molecule has 0 aliphatic carbocycles. The Morgan fingerprint density at radius 2 is 1.77 bits per heavy atom. The molecule has 1 fully saturated rings. The van der Waals surface area contributed by atoms with Crippen LogP contribution in [-0.2, 0) is 16.0 Å². The predicted octanol–water partition coefficient (Wildman–Crippen LogP) is 3.94. The van der Waals surface area contributed by atoms with Gasteiger partial charge in [-0.25, -0.2) is 4.79 Å². The van der Waals surface area contributed by atoms with Gasteiger partial charge in [0.05, 0.1) is 28.6 Å². The number of β-lactam (4-membered cyclic amide) rings is 1. The second-order valence-corrected chi connectivity index (χ2v) is 11.0. The van der Waals surface area contributed by atoms with Gasteiger partial charge >= 0.3 is 5.97 Å². The number of hydrogen-bond donors (Lipinski definition) is 2. The van der Waals surface area contributed by atoms with Crippen molar-refractivity contribution in [3.8, 4) is 0 Å². The summed E-state index contributed by atoms with van der Waals surface area (Å²) in [6.07, 6.45) is -0.751. The van der Waals surface area contributed by atoms with E-state index in [4.69, 9.17) is 0 Å². The summed E-state index contributed by atoms with van der Waals surface area (Å²) in [5.41, 5.74) is -0.0628. The molecule has 1 saturated heterocycles. The zero-order valence-electron chi connectivity index (χ0n) is 22.2. The Morgan fingerprint density at radius 3 is 2.31 bits per heavy atom. The zero-order valence-corrected chi connectivity index (χ0v) is 23.0. The van der Waals surface area contributed by atoms with Crippen molar-refractivity contribution in [2.24, 2.45) is 11.3 Å². The number of nitro benzene ring substituents is 1. The summed E-state index contributed by atoms with van der Waals surface area (Å²) in [6, 6.07) is 12.3. The maximum absolute atomic E-state index is 13.3. The predicted molar refractivity (Wildman–Crippen MR) is 145 cm³/mol. The molecular formula is C28H31N3O7S. The number of rotatable bonds is 10. The number of aliphatic carboxylic acids is 1. The van der Waals surface area contributed by atoms with Crippen LogP contribution in [-0.4, -0.2) is 68.0 Å². The van der Waals surface area contributed by atoms with Gasteiger partial charge in [0.25, 0.3) is 11.6 Å². The van der Waals surface area contributed by atoms with Crippen molar-refractivity contribution in [2.75, 3.05) is 13.1 Å². The quantitative estimate of drug-likeness (QED) is 0.256. The van der Waals surface area contributed by atoms with Crippen LogP contribution in [0.5, 0.6) is 0 Å². The molecule has 2 aromatic carbocycles. The van der Waals surface area contributed by atoms with Gasteiger partial charge in [-0.05, 0) is 44.9 Å². The van der Waals surface area contributed by atoms with Crippen molar-refractivity contribution in [1.82, 2.24) is 9.80 Å². The lowest BCUT2D eigenvalue weighted by Crippen LogP contribution is -2.66. The average molecular weight is 554 g/mol. The molecule has 2 amide bonds. The number of non-ortho nitro benzene ring substituents is 1. The van der Waals surface area contributed by atoms with Gasteiger partial charge in [-0.15, -0.1) is 0 Å². The first-order valence-corrected chi connectivity index (χ1v) is 13.6. The minimum Gasteiger partial charge on any atom is -0.477 e. The highest BCUT2D eigenvalue weighted by atomic mass is 32.2. The summed E-state index contributed by atoms with van der Waals surface area (Å²) in [5, 5.41) is 31.9. The minimum atomic E-state index is -1.28. The standard InChI is InChI=1S/C28H31N3O7S/c1-5-29(6-2)25(33)19-9-7-8-10-20(19)39-24-22(27(35)36)30-23(21(16(3)32)26(30)34)28(24,4)15-17-11-13-18(14-12-17)31(37)38/h7-14,16,21,23,32H,5-6,15H2,1-4H3,(H,35,36)/t16?,21?,23-,28?/m0/s1. The lowest BCUT2D eigenvalue weighted by molar-refractivity contribution is -0.384. The summed E-state index contributed by atoms with van der Waals surface area (Å²) in [5.74, 6) is -2.74. The number of carbonyl (C=O) groups excluding carboxylic acids is 2. The van der Waals surface area contributed by atoms with Crippen molar-refractivity contribution in [3.63, 3.8) is 0 Å². The number of nitro groups is 1. The molecule has 0 bridgehead atoms. The molecule has 10 nitrogen and oxygen atoms in total. The molecule has 3 unspecified atom stereocenters. The Bertz CT molecular complexity index is 1350. The second-order valence-electron chi connectivity index (χ2n) is 10.00. The van der Waals surface area contributed by atoms with Crippen molar-refractivity contribution in [3.05, 3.63) is 80.4 Å². The first kappa shape index (κ1) is 28.3. The van der Waals surface area contributed by atoms with Crippen LogP contribution in [0.3, 0.4) is 0 Å². The molecule has 4 rings (SSSR count). The van der Waals surface area contributed by atoms with E-state index in [1.165, 1.54) is 24.0 Å². The number of carboxylic acids is 1.